The van der Waals surface area contributed by atoms with Crippen LogP contribution in [0.4, 0.5) is 17.1 Å². The first-order chi connectivity index (χ1) is 47.2. The zero-order valence-corrected chi connectivity index (χ0v) is 51.8. The average molecular weight is 1210 g/mol. The van der Waals surface area contributed by atoms with Gasteiger partial charge in [0.05, 0.1) is 44.5 Å². The van der Waals surface area contributed by atoms with Crippen molar-refractivity contribution in [2.75, 3.05) is 4.90 Å². The maximum atomic E-state index is 2.71. The first kappa shape index (κ1) is 53.2. The van der Waals surface area contributed by atoms with Crippen LogP contribution in [0.2, 0.25) is 0 Å². The van der Waals surface area contributed by atoms with E-state index in [0.29, 0.717) is 0 Å². The Labute approximate surface area is 550 Å². The van der Waals surface area contributed by atoms with E-state index in [1.54, 1.807) is 0 Å². The molecular formula is C90H57BN4. The van der Waals surface area contributed by atoms with Crippen molar-refractivity contribution in [3.05, 3.63) is 346 Å². The molecule has 3 aromatic heterocycles. The lowest BCUT2D eigenvalue weighted by Crippen LogP contribution is -2.61. The second-order valence-corrected chi connectivity index (χ2v) is 25.4. The largest absolute Gasteiger partial charge is 0.310 e. The maximum absolute atomic E-state index is 2.71. The number of hydrogen-bond donors (Lipinski definition) is 0. The molecule has 2 aliphatic rings. The van der Waals surface area contributed by atoms with Crippen molar-refractivity contribution >= 4 is 106 Å². The van der Waals surface area contributed by atoms with Gasteiger partial charge in [0.1, 0.15) is 0 Å². The zero-order chi connectivity index (χ0) is 62.2. The molecule has 15 aromatic carbocycles. The average Bonchev–Trinajstić information content (AvgIpc) is 1.60. The molecule has 0 bridgehead atoms. The monoisotopic (exact) mass is 1200 g/mol. The number of fused-ring (bicyclic) bond motifs is 14. The van der Waals surface area contributed by atoms with Gasteiger partial charge in [-0.1, -0.05) is 285 Å². The van der Waals surface area contributed by atoms with Crippen molar-refractivity contribution in [1.82, 2.24) is 13.7 Å². The number of rotatable bonds is 9. The Kier molecular flexibility index (Phi) is 11.8. The van der Waals surface area contributed by atoms with Gasteiger partial charge in [-0.3, -0.25) is 0 Å². The van der Waals surface area contributed by atoms with Crippen LogP contribution in [0.25, 0.3) is 149 Å². The summed E-state index contributed by atoms with van der Waals surface area (Å²) in [6, 6.07) is 129. The van der Waals surface area contributed by atoms with Gasteiger partial charge in [0.2, 0.25) is 0 Å². The fourth-order valence-electron chi connectivity index (χ4n) is 16.3. The Bertz CT molecular complexity index is 5950. The molecule has 4 nitrogen and oxygen atoms in total. The lowest BCUT2D eigenvalue weighted by molar-refractivity contribution is 1.13. The third-order valence-electron chi connectivity index (χ3n) is 20.4. The summed E-state index contributed by atoms with van der Waals surface area (Å²) in [5.41, 5.74) is 31.6. The molecule has 0 radical (unpaired) electrons. The standard InChI is InChI=1S/C90H57BN4/c1-6-23-58(24-7-1)61-41-45-64(46-42-61)70-36-22-37-71(65-47-43-62(44-48-65)59-25-8-2-9-26-59)87(70)94-82-54-50-68(92-79-38-19-16-33-72(79)73-34-17-20-39-80(73)92)56-78(82)91-85-69(63-29-12-4-13-30-63)52-53-76-75-51-49-66(60-27-10-3-11-28-60)55-83(75)95(88(76)85)90-86(91)84(94)57-77-74-35-18-21-40-81(74)93(89(77)90)67-31-14-5-15-32-67/h1-57H. The quantitative estimate of drug-likeness (QED) is 0.132. The Hall–Kier alpha value is -12.4. The summed E-state index contributed by atoms with van der Waals surface area (Å²) in [4.78, 5) is 2.70. The molecule has 440 valence electrons. The minimum absolute atomic E-state index is 0.277. The summed E-state index contributed by atoms with van der Waals surface area (Å²) in [6.07, 6.45) is 0. The molecule has 0 N–H and O–H groups in total. The predicted octanol–water partition coefficient (Wildman–Crippen LogP) is 21.6. The van der Waals surface area contributed by atoms with E-state index in [1.807, 2.05) is 0 Å². The Morgan fingerprint density at radius 1 is 0.211 bits per heavy atom. The third kappa shape index (κ3) is 8.03. The Morgan fingerprint density at radius 3 is 1.23 bits per heavy atom. The molecule has 0 unspecified atom stereocenters. The second-order valence-electron chi connectivity index (χ2n) is 25.4. The van der Waals surface area contributed by atoms with Crippen molar-refractivity contribution in [1.29, 1.82) is 0 Å². The van der Waals surface area contributed by atoms with Gasteiger partial charge in [-0.2, -0.15) is 0 Å². The van der Waals surface area contributed by atoms with E-state index in [9.17, 15) is 0 Å². The summed E-state index contributed by atoms with van der Waals surface area (Å²) < 4.78 is 7.79. The van der Waals surface area contributed by atoms with Gasteiger partial charge in [-0.25, -0.2) is 0 Å². The van der Waals surface area contributed by atoms with Crippen LogP contribution < -0.4 is 21.3 Å². The Balaban J connectivity index is 0.987. The van der Waals surface area contributed by atoms with Crippen LogP contribution in [0.1, 0.15) is 0 Å². The number of hydrogen-bond acceptors (Lipinski definition) is 1. The van der Waals surface area contributed by atoms with Gasteiger partial charge in [0.15, 0.2) is 0 Å². The second kappa shape index (κ2) is 21.1. The van der Waals surface area contributed by atoms with Crippen LogP contribution in [0.15, 0.2) is 346 Å². The number of para-hydroxylation sites is 5. The van der Waals surface area contributed by atoms with Gasteiger partial charge >= 0.3 is 0 Å². The number of nitrogens with zero attached hydrogens (tertiary/aromatic N) is 4. The highest BCUT2D eigenvalue weighted by Crippen LogP contribution is 2.53. The summed E-state index contributed by atoms with van der Waals surface area (Å²) in [5.74, 6) is 0. The molecular weight excluding hydrogens is 1150 g/mol. The molecule has 0 atom stereocenters. The fourth-order valence-corrected chi connectivity index (χ4v) is 16.3. The molecule has 0 saturated carbocycles. The van der Waals surface area contributed by atoms with Crippen molar-refractivity contribution in [2.24, 2.45) is 0 Å². The highest BCUT2D eigenvalue weighted by atomic mass is 15.2. The van der Waals surface area contributed by atoms with E-state index in [1.165, 1.54) is 126 Å². The van der Waals surface area contributed by atoms with Crippen LogP contribution in [0.3, 0.4) is 0 Å². The van der Waals surface area contributed by atoms with Crippen molar-refractivity contribution in [3.8, 4) is 83.8 Å². The van der Waals surface area contributed by atoms with Crippen LogP contribution in [0, 0.1) is 0 Å². The van der Waals surface area contributed by atoms with E-state index >= 15 is 0 Å². The van der Waals surface area contributed by atoms with Crippen LogP contribution in [0.5, 0.6) is 0 Å². The summed E-state index contributed by atoms with van der Waals surface area (Å²) in [5, 5.41) is 7.28. The number of benzene rings is 15. The fraction of sp³-hybridized carbons (Fsp3) is 0. The SMILES string of the molecule is c1ccc(-c2ccc(-c3cccc(-c4ccc(-c5ccccc5)cc4)c3N3c4ccc(-n5c6ccccc6c6ccccc65)cc4B4c5c3cc3c6ccccc6n(-c6ccccc6)c3c5-n3c5cc(-c6ccccc6)ccc5c5ccc(-c6ccccc6)c4c53)cc2)cc1. The lowest BCUT2D eigenvalue weighted by atomic mass is 9.33. The lowest BCUT2D eigenvalue weighted by Gasteiger charge is -2.42. The molecule has 0 fully saturated rings. The summed E-state index contributed by atoms with van der Waals surface area (Å²) in [7, 11) is 0. The normalized spacial score (nSPS) is 12.4. The predicted molar refractivity (Wildman–Crippen MR) is 401 cm³/mol. The molecule has 0 spiro atoms. The van der Waals surface area contributed by atoms with Crippen LogP contribution in [-0.4, -0.2) is 20.4 Å². The van der Waals surface area contributed by atoms with Crippen LogP contribution in [-0.2, 0) is 0 Å². The smallest absolute Gasteiger partial charge is 0.253 e. The van der Waals surface area contributed by atoms with E-state index in [4.69, 9.17) is 0 Å². The Morgan fingerprint density at radius 2 is 0.653 bits per heavy atom. The minimum Gasteiger partial charge on any atom is -0.310 e. The third-order valence-corrected chi connectivity index (χ3v) is 20.4. The molecule has 95 heavy (non-hydrogen) atoms. The van der Waals surface area contributed by atoms with Gasteiger partial charge in [-0.15, -0.1) is 0 Å². The molecule has 0 saturated heterocycles. The van der Waals surface area contributed by atoms with Crippen molar-refractivity contribution in [3.63, 3.8) is 0 Å². The maximum Gasteiger partial charge on any atom is 0.253 e. The van der Waals surface area contributed by atoms with Crippen molar-refractivity contribution < 1.29 is 0 Å². The zero-order valence-electron chi connectivity index (χ0n) is 51.8. The summed E-state index contributed by atoms with van der Waals surface area (Å²) >= 11 is 0. The van der Waals surface area contributed by atoms with E-state index in [-0.39, 0.29) is 6.71 Å². The topological polar surface area (TPSA) is 18.0 Å². The molecule has 18 aromatic rings. The number of anilines is 3. The molecule has 5 heterocycles. The van der Waals surface area contributed by atoms with E-state index in [2.05, 4.69) is 364 Å². The van der Waals surface area contributed by atoms with Gasteiger partial charge in [0, 0.05) is 66.2 Å². The first-order valence-corrected chi connectivity index (χ1v) is 32.9. The molecule has 0 amide bonds. The molecule has 20 rings (SSSR count). The highest BCUT2D eigenvalue weighted by molar-refractivity contribution is 7.01. The van der Waals surface area contributed by atoms with Crippen molar-refractivity contribution in [2.45, 2.75) is 0 Å². The molecule has 5 heteroatoms. The molecule has 2 aliphatic heterocycles. The van der Waals surface area contributed by atoms with E-state index < -0.39 is 0 Å². The van der Waals surface area contributed by atoms with Crippen LogP contribution >= 0.6 is 0 Å². The minimum atomic E-state index is -0.277. The summed E-state index contributed by atoms with van der Waals surface area (Å²) in [6.45, 7) is -0.277. The number of aromatic nitrogens is 3. The first-order valence-electron chi connectivity index (χ1n) is 32.9. The highest BCUT2D eigenvalue weighted by Gasteiger charge is 2.46. The van der Waals surface area contributed by atoms with Gasteiger partial charge in [0.25, 0.3) is 6.71 Å². The van der Waals surface area contributed by atoms with Gasteiger partial charge in [-0.05, 0) is 133 Å². The van der Waals surface area contributed by atoms with Gasteiger partial charge < -0.3 is 18.6 Å². The van der Waals surface area contributed by atoms with E-state index in [0.717, 1.165) is 56.2 Å². The molecule has 0 aliphatic carbocycles.